The van der Waals surface area contributed by atoms with Crippen LogP contribution in [0.2, 0.25) is 0 Å². The molecule has 1 rings (SSSR count). The first kappa shape index (κ1) is 15.4. The van der Waals surface area contributed by atoms with Crippen molar-refractivity contribution in [2.24, 2.45) is 0 Å². The zero-order valence-electron chi connectivity index (χ0n) is 10.9. The molecule has 6 heteroatoms. The summed E-state index contributed by atoms with van der Waals surface area (Å²) in [6.07, 6.45) is 0.718. The lowest BCUT2D eigenvalue weighted by molar-refractivity contribution is -0.144. The zero-order valence-corrected chi connectivity index (χ0v) is 10.9. The zero-order chi connectivity index (χ0) is 14.5. The van der Waals surface area contributed by atoms with Crippen molar-refractivity contribution in [3.8, 4) is 5.75 Å². The Kier molecular flexibility index (Phi) is 5.23. The number of likely N-dealkylation sites (N-methyl/N-ethyl adjacent to an activating group) is 1. The van der Waals surface area contributed by atoms with Crippen molar-refractivity contribution in [1.29, 1.82) is 0 Å². The lowest BCUT2D eigenvalue weighted by atomic mass is 9.96. The Morgan fingerprint density at radius 1 is 1.47 bits per heavy atom. The Balaban J connectivity index is 2.47. The number of carbonyl (C=O) groups is 1. The second-order valence-corrected chi connectivity index (χ2v) is 4.41. The van der Waals surface area contributed by atoms with Crippen LogP contribution in [0.3, 0.4) is 0 Å². The first-order valence-corrected chi connectivity index (χ1v) is 5.89. The predicted molar refractivity (Wildman–Crippen MR) is 66.2 cm³/mol. The monoisotopic (exact) mass is 273 g/mol. The number of halogens is 2. The third-order valence-corrected chi connectivity index (χ3v) is 3.00. The van der Waals surface area contributed by atoms with Gasteiger partial charge in [0.1, 0.15) is 11.4 Å². The van der Waals surface area contributed by atoms with Gasteiger partial charge in [-0.3, -0.25) is 4.79 Å². The molecule has 1 atom stereocenters. The van der Waals surface area contributed by atoms with Crippen molar-refractivity contribution in [3.63, 3.8) is 0 Å². The van der Waals surface area contributed by atoms with Gasteiger partial charge in [-0.2, -0.15) is 0 Å². The number of rotatable bonds is 7. The minimum absolute atomic E-state index is 0.116. The highest BCUT2D eigenvalue weighted by Crippen LogP contribution is 2.19. The molecular formula is C13H17F2NO3. The Labute approximate surface area is 110 Å². The highest BCUT2D eigenvalue weighted by atomic mass is 19.1. The molecule has 1 unspecified atom stereocenters. The van der Waals surface area contributed by atoms with Gasteiger partial charge in [0.05, 0.1) is 6.61 Å². The fourth-order valence-electron chi connectivity index (χ4n) is 1.53. The molecule has 2 N–H and O–H groups in total. The van der Waals surface area contributed by atoms with E-state index in [-0.39, 0.29) is 12.4 Å². The van der Waals surface area contributed by atoms with E-state index in [1.807, 2.05) is 0 Å². The van der Waals surface area contributed by atoms with E-state index >= 15 is 0 Å². The molecule has 19 heavy (non-hydrogen) atoms. The number of aliphatic carboxylic acids is 1. The summed E-state index contributed by atoms with van der Waals surface area (Å²) in [7, 11) is 1.56. The maximum Gasteiger partial charge on any atom is 0.323 e. The molecule has 1 aromatic rings. The summed E-state index contributed by atoms with van der Waals surface area (Å²) in [5.74, 6) is -2.36. The van der Waals surface area contributed by atoms with Gasteiger partial charge in [-0.25, -0.2) is 8.78 Å². The molecule has 0 aliphatic rings. The van der Waals surface area contributed by atoms with Crippen LogP contribution in [-0.2, 0) is 4.79 Å². The van der Waals surface area contributed by atoms with Crippen LogP contribution in [0.4, 0.5) is 8.78 Å². The molecule has 0 amide bonds. The predicted octanol–water partition coefficient (Wildman–Crippen LogP) is 2.19. The quantitative estimate of drug-likeness (QED) is 0.748. The molecular weight excluding hydrogens is 256 g/mol. The Morgan fingerprint density at radius 3 is 2.74 bits per heavy atom. The molecule has 0 spiro atoms. The highest BCUT2D eigenvalue weighted by molar-refractivity contribution is 5.78. The molecule has 0 radical (unpaired) electrons. The number of nitrogens with one attached hydrogen (secondary N) is 1. The van der Waals surface area contributed by atoms with E-state index in [9.17, 15) is 13.6 Å². The van der Waals surface area contributed by atoms with Crippen LogP contribution < -0.4 is 10.1 Å². The summed E-state index contributed by atoms with van der Waals surface area (Å²) >= 11 is 0. The second kappa shape index (κ2) is 6.47. The van der Waals surface area contributed by atoms with Gasteiger partial charge in [0, 0.05) is 6.07 Å². The second-order valence-electron chi connectivity index (χ2n) is 4.41. The van der Waals surface area contributed by atoms with Crippen molar-refractivity contribution in [3.05, 3.63) is 29.8 Å². The van der Waals surface area contributed by atoms with E-state index in [2.05, 4.69) is 5.32 Å². The lowest BCUT2D eigenvalue weighted by Gasteiger charge is -2.23. The van der Waals surface area contributed by atoms with Crippen LogP contribution in [0.25, 0.3) is 0 Å². The Morgan fingerprint density at radius 2 is 2.16 bits per heavy atom. The standard InChI is InChI=1S/C13H17F2NO3/c1-13(16-2,12(17)18)6-3-7-19-11-8-9(14)4-5-10(11)15/h4-5,8,16H,3,6-7H2,1-2H3,(H,17,18). The normalized spacial score (nSPS) is 13.9. The Hall–Kier alpha value is -1.69. The van der Waals surface area contributed by atoms with Gasteiger partial charge in [-0.05, 0) is 38.9 Å². The van der Waals surface area contributed by atoms with E-state index in [0.29, 0.717) is 12.8 Å². The van der Waals surface area contributed by atoms with Crippen LogP contribution in [0.5, 0.6) is 5.75 Å². The highest BCUT2D eigenvalue weighted by Gasteiger charge is 2.30. The molecule has 4 nitrogen and oxygen atoms in total. The SMILES string of the molecule is CNC(C)(CCCOc1cc(F)ccc1F)C(=O)O. The smallest absolute Gasteiger partial charge is 0.323 e. The summed E-state index contributed by atoms with van der Waals surface area (Å²) in [6.45, 7) is 1.67. The lowest BCUT2D eigenvalue weighted by Crippen LogP contribution is -2.47. The molecule has 1 aromatic carbocycles. The summed E-state index contributed by atoms with van der Waals surface area (Å²) < 4.78 is 31.2. The number of ether oxygens (including phenoxy) is 1. The molecule has 0 aliphatic heterocycles. The topological polar surface area (TPSA) is 58.6 Å². The number of hydrogen-bond donors (Lipinski definition) is 2. The van der Waals surface area contributed by atoms with Gasteiger partial charge >= 0.3 is 5.97 Å². The first-order chi connectivity index (χ1) is 8.89. The van der Waals surface area contributed by atoms with Crippen LogP contribution in [0.1, 0.15) is 19.8 Å². The first-order valence-electron chi connectivity index (χ1n) is 5.89. The van der Waals surface area contributed by atoms with Crippen molar-refractivity contribution in [1.82, 2.24) is 5.32 Å². The van der Waals surface area contributed by atoms with Gasteiger partial charge in [0.15, 0.2) is 11.6 Å². The van der Waals surface area contributed by atoms with Crippen LogP contribution in [0, 0.1) is 11.6 Å². The molecule has 0 saturated carbocycles. The van der Waals surface area contributed by atoms with Gasteiger partial charge in [-0.15, -0.1) is 0 Å². The van der Waals surface area contributed by atoms with Gasteiger partial charge in [0.25, 0.3) is 0 Å². The van der Waals surface area contributed by atoms with Gasteiger partial charge in [0.2, 0.25) is 0 Å². The van der Waals surface area contributed by atoms with E-state index in [1.54, 1.807) is 14.0 Å². The summed E-state index contributed by atoms with van der Waals surface area (Å²) in [6, 6.07) is 2.95. The van der Waals surface area contributed by atoms with Crippen molar-refractivity contribution >= 4 is 5.97 Å². The largest absolute Gasteiger partial charge is 0.490 e. The summed E-state index contributed by atoms with van der Waals surface area (Å²) in [5, 5.41) is 11.7. The summed E-state index contributed by atoms with van der Waals surface area (Å²) in [4.78, 5) is 11.0. The van der Waals surface area contributed by atoms with Crippen LogP contribution >= 0.6 is 0 Å². The summed E-state index contributed by atoms with van der Waals surface area (Å²) in [5.41, 5.74) is -1.05. The van der Waals surface area contributed by atoms with Crippen LogP contribution in [-0.4, -0.2) is 30.3 Å². The minimum atomic E-state index is -1.05. The molecule has 106 valence electrons. The molecule has 0 bridgehead atoms. The fourth-order valence-corrected chi connectivity index (χ4v) is 1.53. The maximum absolute atomic E-state index is 13.2. The van der Waals surface area contributed by atoms with Crippen molar-refractivity contribution in [2.75, 3.05) is 13.7 Å². The van der Waals surface area contributed by atoms with Gasteiger partial charge in [-0.1, -0.05) is 0 Å². The average Bonchev–Trinajstić information content (AvgIpc) is 2.38. The number of carboxylic acid groups (broad SMARTS) is 1. The number of carboxylic acids is 1. The minimum Gasteiger partial charge on any atom is -0.490 e. The third kappa shape index (κ3) is 4.17. The molecule has 0 aliphatic carbocycles. The van der Waals surface area contributed by atoms with Crippen molar-refractivity contribution < 1.29 is 23.4 Å². The molecule has 0 heterocycles. The molecule has 0 saturated heterocycles. The fraction of sp³-hybridized carbons (Fsp3) is 0.462. The number of benzene rings is 1. The van der Waals surface area contributed by atoms with Crippen LogP contribution in [0.15, 0.2) is 18.2 Å². The Bertz CT molecular complexity index is 454. The number of hydrogen-bond acceptors (Lipinski definition) is 3. The molecule has 0 aromatic heterocycles. The van der Waals surface area contributed by atoms with E-state index in [4.69, 9.17) is 9.84 Å². The van der Waals surface area contributed by atoms with E-state index < -0.39 is 23.1 Å². The van der Waals surface area contributed by atoms with Crippen molar-refractivity contribution in [2.45, 2.75) is 25.3 Å². The van der Waals surface area contributed by atoms with Gasteiger partial charge < -0.3 is 15.2 Å². The van der Waals surface area contributed by atoms with E-state index in [1.165, 1.54) is 0 Å². The maximum atomic E-state index is 13.2. The van der Waals surface area contributed by atoms with E-state index in [0.717, 1.165) is 18.2 Å². The average molecular weight is 273 g/mol. The molecule has 0 fully saturated rings. The third-order valence-electron chi connectivity index (χ3n) is 3.00.